The fourth-order valence-corrected chi connectivity index (χ4v) is 10.2. The molecule has 0 unspecified atom stereocenters. The Hall–Kier alpha value is -9.39. The molecule has 14 aromatic rings. The van der Waals surface area contributed by atoms with E-state index in [1.165, 1.54) is 21.9 Å². The number of para-hydroxylation sites is 2. The van der Waals surface area contributed by atoms with Crippen LogP contribution in [0.1, 0.15) is 0 Å². The number of fused-ring (bicyclic) bond motifs is 9. The fourth-order valence-electron chi connectivity index (χ4n) is 10.2. The van der Waals surface area contributed by atoms with Crippen molar-refractivity contribution in [2.24, 2.45) is 0 Å². The van der Waals surface area contributed by atoms with Crippen molar-refractivity contribution in [2.45, 2.75) is 0 Å². The standard InChI is InChI=1S/C63H38N4O2/c1-4-16-39(17-5-1)42-31-33-53-51(35-42)48-24-10-12-27-52(48)67(53)54-36-46(38-58-60(54)49-25-11-13-28-55(49)68-58)43-30-32-50-57(37-43)69-56-29-15-26-47(59(50)56)44-22-14-23-45(34-44)63-65-61(40-18-6-2-7-19-40)64-62(66-63)41-20-8-3-9-21-41/h1-38H. The van der Waals surface area contributed by atoms with Gasteiger partial charge in [-0.25, -0.2) is 15.0 Å². The molecule has 0 atom stereocenters. The largest absolute Gasteiger partial charge is 0.456 e. The van der Waals surface area contributed by atoms with Crippen molar-refractivity contribution in [1.29, 1.82) is 0 Å². The highest BCUT2D eigenvalue weighted by atomic mass is 16.3. The van der Waals surface area contributed by atoms with Gasteiger partial charge >= 0.3 is 0 Å². The maximum atomic E-state index is 6.76. The molecule has 0 aliphatic carbocycles. The molecule has 10 aromatic carbocycles. The first kappa shape index (κ1) is 38.8. The quantitative estimate of drug-likeness (QED) is 0.159. The van der Waals surface area contributed by atoms with Gasteiger partial charge in [-0.3, -0.25) is 0 Å². The molecule has 4 aromatic heterocycles. The average Bonchev–Trinajstić information content (AvgIpc) is 4.10. The van der Waals surface area contributed by atoms with E-state index in [1.54, 1.807) is 0 Å². The third kappa shape index (κ3) is 6.45. The second-order valence-corrected chi connectivity index (χ2v) is 17.5. The Morgan fingerprint density at radius 3 is 1.58 bits per heavy atom. The molecule has 0 saturated heterocycles. The highest BCUT2D eigenvalue weighted by Gasteiger charge is 2.22. The molecule has 0 fully saturated rings. The normalized spacial score (nSPS) is 11.8. The monoisotopic (exact) mass is 882 g/mol. The minimum Gasteiger partial charge on any atom is -0.456 e. The van der Waals surface area contributed by atoms with E-state index in [2.05, 4.69) is 168 Å². The van der Waals surface area contributed by atoms with Gasteiger partial charge in [-0.05, 0) is 94.0 Å². The number of aromatic nitrogens is 4. The Bertz CT molecular complexity index is 4250. The Kier molecular flexibility index (Phi) is 8.79. The van der Waals surface area contributed by atoms with E-state index in [4.69, 9.17) is 23.8 Å². The Labute approximate surface area is 396 Å². The van der Waals surface area contributed by atoms with Crippen molar-refractivity contribution in [3.05, 3.63) is 231 Å². The maximum absolute atomic E-state index is 6.76. The highest BCUT2D eigenvalue weighted by Crippen LogP contribution is 2.44. The van der Waals surface area contributed by atoms with Crippen LogP contribution < -0.4 is 0 Å². The summed E-state index contributed by atoms with van der Waals surface area (Å²) < 4.78 is 15.9. The van der Waals surface area contributed by atoms with Crippen LogP contribution in [-0.2, 0) is 0 Å². The molecule has 0 radical (unpaired) electrons. The molecule has 4 heterocycles. The SMILES string of the molecule is c1ccc(-c2ccc3c(c2)c2ccccc2n3-c2cc(-c3ccc4c(c3)oc3cccc(-c5cccc(-c6nc(-c7ccccc7)nc(-c7ccccc7)n6)c5)c34)cc3oc4ccccc4c23)cc1. The van der Waals surface area contributed by atoms with Gasteiger partial charge in [-0.2, -0.15) is 0 Å². The summed E-state index contributed by atoms with van der Waals surface area (Å²) in [4.78, 5) is 15.0. The zero-order valence-corrected chi connectivity index (χ0v) is 37.0. The van der Waals surface area contributed by atoms with Crippen molar-refractivity contribution in [3.8, 4) is 73.2 Å². The summed E-state index contributed by atoms with van der Waals surface area (Å²) in [7, 11) is 0. The number of hydrogen-bond acceptors (Lipinski definition) is 5. The molecule has 69 heavy (non-hydrogen) atoms. The van der Waals surface area contributed by atoms with Gasteiger partial charge in [0, 0.05) is 43.6 Å². The minimum absolute atomic E-state index is 0.608. The lowest BCUT2D eigenvalue weighted by molar-refractivity contribution is 0.668. The highest BCUT2D eigenvalue weighted by molar-refractivity contribution is 6.17. The summed E-state index contributed by atoms with van der Waals surface area (Å²) in [5.41, 5.74) is 15.9. The molecule has 6 heteroatoms. The summed E-state index contributed by atoms with van der Waals surface area (Å²) in [6, 6.07) is 80.4. The molecule has 6 nitrogen and oxygen atoms in total. The van der Waals surface area contributed by atoms with Crippen LogP contribution in [0.25, 0.3) is 139 Å². The number of nitrogens with zero attached hydrogens (tertiary/aromatic N) is 4. The first-order valence-corrected chi connectivity index (χ1v) is 23.2. The molecule has 0 aliphatic rings. The van der Waals surface area contributed by atoms with Gasteiger partial charge in [0.05, 0.1) is 22.1 Å². The number of benzene rings is 10. The summed E-state index contributed by atoms with van der Waals surface area (Å²) >= 11 is 0. The molecule has 0 aliphatic heterocycles. The zero-order chi connectivity index (χ0) is 45.4. The maximum Gasteiger partial charge on any atom is 0.164 e. The van der Waals surface area contributed by atoms with Crippen LogP contribution in [0.15, 0.2) is 239 Å². The van der Waals surface area contributed by atoms with Crippen LogP contribution in [0.5, 0.6) is 0 Å². The van der Waals surface area contributed by atoms with E-state index in [0.717, 1.165) is 99.5 Å². The van der Waals surface area contributed by atoms with Crippen LogP contribution in [0, 0.1) is 0 Å². The van der Waals surface area contributed by atoms with Gasteiger partial charge in [0.1, 0.15) is 22.3 Å². The molecular weight excluding hydrogens is 845 g/mol. The van der Waals surface area contributed by atoms with E-state index in [9.17, 15) is 0 Å². The van der Waals surface area contributed by atoms with Gasteiger partial charge < -0.3 is 13.4 Å². The van der Waals surface area contributed by atoms with Crippen molar-refractivity contribution < 1.29 is 8.83 Å². The van der Waals surface area contributed by atoms with E-state index in [1.807, 2.05) is 66.7 Å². The van der Waals surface area contributed by atoms with Gasteiger partial charge in [0.15, 0.2) is 17.5 Å². The summed E-state index contributed by atoms with van der Waals surface area (Å²) in [6.45, 7) is 0. The van der Waals surface area contributed by atoms with Gasteiger partial charge in [-0.15, -0.1) is 0 Å². The lowest BCUT2D eigenvalue weighted by Gasteiger charge is -2.13. The van der Waals surface area contributed by atoms with Gasteiger partial charge in [-0.1, -0.05) is 170 Å². The topological polar surface area (TPSA) is 69.9 Å². The van der Waals surface area contributed by atoms with Crippen molar-refractivity contribution in [3.63, 3.8) is 0 Å². The van der Waals surface area contributed by atoms with E-state index in [0.29, 0.717) is 17.5 Å². The van der Waals surface area contributed by atoms with Crippen LogP contribution in [0.3, 0.4) is 0 Å². The summed E-state index contributed by atoms with van der Waals surface area (Å²) in [5.74, 6) is 1.86. The third-order valence-electron chi connectivity index (χ3n) is 13.4. The number of furan rings is 2. The van der Waals surface area contributed by atoms with E-state index >= 15 is 0 Å². The zero-order valence-electron chi connectivity index (χ0n) is 37.0. The van der Waals surface area contributed by atoms with E-state index in [-0.39, 0.29) is 0 Å². The summed E-state index contributed by atoms with van der Waals surface area (Å²) in [5, 5.41) is 6.64. The van der Waals surface area contributed by atoms with Gasteiger partial charge in [0.25, 0.3) is 0 Å². The number of rotatable bonds is 7. The van der Waals surface area contributed by atoms with Crippen LogP contribution in [0.4, 0.5) is 0 Å². The van der Waals surface area contributed by atoms with Crippen molar-refractivity contribution in [2.75, 3.05) is 0 Å². The first-order chi connectivity index (χ1) is 34.2. The molecule has 322 valence electrons. The lowest BCUT2D eigenvalue weighted by atomic mass is 9.96. The second-order valence-electron chi connectivity index (χ2n) is 17.5. The Morgan fingerprint density at radius 2 is 0.812 bits per heavy atom. The van der Waals surface area contributed by atoms with Crippen LogP contribution in [0.2, 0.25) is 0 Å². The number of hydrogen-bond donors (Lipinski definition) is 0. The molecule has 0 amide bonds. The van der Waals surface area contributed by atoms with Crippen molar-refractivity contribution >= 4 is 65.7 Å². The smallest absolute Gasteiger partial charge is 0.164 e. The average molecular weight is 883 g/mol. The van der Waals surface area contributed by atoms with Gasteiger partial charge in [0.2, 0.25) is 0 Å². The third-order valence-corrected chi connectivity index (χ3v) is 13.4. The molecular formula is C63H38N4O2. The fraction of sp³-hybridized carbons (Fsp3) is 0. The van der Waals surface area contributed by atoms with E-state index < -0.39 is 0 Å². The first-order valence-electron chi connectivity index (χ1n) is 23.2. The molecule has 0 bridgehead atoms. The predicted octanol–water partition coefficient (Wildman–Crippen LogP) is 16.8. The minimum atomic E-state index is 0.608. The second kappa shape index (κ2) is 15.6. The van der Waals surface area contributed by atoms with Crippen molar-refractivity contribution in [1.82, 2.24) is 19.5 Å². The Morgan fingerprint density at radius 1 is 0.275 bits per heavy atom. The summed E-state index contributed by atoms with van der Waals surface area (Å²) in [6.07, 6.45) is 0. The molecule has 14 rings (SSSR count). The lowest BCUT2D eigenvalue weighted by Crippen LogP contribution is -2.00. The van der Waals surface area contributed by atoms with Crippen LogP contribution >= 0.6 is 0 Å². The van der Waals surface area contributed by atoms with Crippen LogP contribution in [-0.4, -0.2) is 19.5 Å². The molecule has 0 N–H and O–H groups in total. The predicted molar refractivity (Wildman–Crippen MR) is 281 cm³/mol. The molecule has 0 saturated carbocycles. The molecule has 0 spiro atoms. The Balaban J connectivity index is 0.909.